The molecule has 0 bridgehead atoms. The van der Waals surface area contributed by atoms with E-state index in [1.165, 1.54) is 6.92 Å². The average Bonchev–Trinajstić information content (AvgIpc) is 2.87. The molecule has 0 aliphatic heterocycles. The van der Waals surface area contributed by atoms with Gasteiger partial charge in [-0.3, -0.25) is 14.6 Å². The van der Waals surface area contributed by atoms with E-state index in [1.54, 1.807) is 37.6 Å². The second-order valence-corrected chi connectivity index (χ2v) is 7.41. The molecule has 0 fully saturated rings. The van der Waals surface area contributed by atoms with Crippen molar-refractivity contribution in [3.05, 3.63) is 96.4 Å². The molecular formula is C27H27N5O3. The number of benzene rings is 2. The highest BCUT2D eigenvalue weighted by molar-refractivity contribution is 6.05. The van der Waals surface area contributed by atoms with Crippen molar-refractivity contribution in [3.63, 3.8) is 0 Å². The first kappa shape index (κ1) is 25.0. The predicted molar refractivity (Wildman–Crippen MR) is 136 cm³/mol. The molecule has 0 unspecified atom stereocenters. The number of anilines is 3. The van der Waals surface area contributed by atoms with E-state index in [-0.39, 0.29) is 11.9 Å². The third-order valence-corrected chi connectivity index (χ3v) is 4.74. The highest BCUT2D eigenvalue weighted by Gasteiger charge is 2.10. The van der Waals surface area contributed by atoms with Gasteiger partial charge in [-0.2, -0.15) is 0 Å². The normalized spacial score (nSPS) is 9.91. The van der Waals surface area contributed by atoms with Crippen LogP contribution >= 0.6 is 0 Å². The molecule has 1 amide bonds. The summed E-state index contributed by atoms with van der Waals surface area (Å²) in [6.45, 7) is 5.62. The van der Waals surface area contributed by atoms with Gasteiger partial charge < -0.3 is 15.4 Å². The number of esters is 1. The molecule has 0 spiro atoms. The zero-order chi connectivity index (χ0) is 25.0. The molecule has 2 N–H and O–H groups in total. The molecule has 2 aromatic heterocycles. The minimum absolute atomic E-state index is 0.177. The fraction of sp³-hybridized carbons (Fsp3) is 0.148. The maximum absolute atomic E-state index is 12.6. The molecule has 35 heavy (non-hydrogen) atoms. The van der Waals surface area contributed by atoms with E-state index in [4.69, 9.17) is 0 Å². The number of ether oxygens (including phenoxy) is 1. The first-order valence-corrected chi connectivity index (χ1v) is 11.1. The van der Waals surface area contributed by atoms with Gasteiger partial charge in [-0.05, 0) is 61.9 Å². The molecule has 0 saturated heterocycles. The van der Waals surface area contributed by atoms with Crippen LogP contribution in [-0.4, -0.2) is 33.4 Å². The van der Waals surface area contributed by atoms with E-state index in [9.17, 15) is 9.59 Å². The average molecular weight is 470 g/mol. The maximum Gasteiger partial charge on any atom is 0.302 e. The lowest BCUT2D eigenvalue weighted by molar-refractivity contribution is -0.140. The van der Waals surface area contributed by atoms with Gasteiger partial charge in [0.15, 0.2) is 0 Å². The fourth-order valence-corrected chi connectivity index (χ4v) is 3.04. The highest BCUT2D eigenvalue weighted by Crippen LogP contribution is 2.23. The van der Waals surface area contributed by atoms with E-state index in [0.29, 0.717) is 18.1 Å². The summed E-state index contributed by atoms with van der Waals surface area (Å²) >= 11 is 0. The number of pyridine rings is 1. The van der Waals surface area contributed by atoms with Crippen LogP contribution in [0.4, 0.5) is 17.3 Å². The molecular weight excluding hydrogens is 442 g/mol. The largest absolute Gasteiger partial charge is 0.466 e. The molecule has 8 heteroatoms. The van der Waals surface area contributed by atoms with Crippen LogP contribution < -0.4 is 10.6 Å². The molecule has 4 rings (SSSR count). The topological polar surface area (TPSA) is 106 Å². The number of para-hydroxylation sites is 1. The molecule has 0 atom stereocenters. The second kappa shape index (κ2) is 12.6. The van der Waals surface area contributed by atoms with Gasteiger partial charge in [0.25, 0.3) is 5.91 Å². The SMILES string of the molecule is CCOC(C)=O.Cc1ccc(C(=O)Nc2ccccc2)cc1Nc1nccc(-c2cccnc2)n1. The summed E-state index contributed by atoms with van der Waals surface area (Å²) in [7, 11) is 0. The minimum Gasteiger partial charge on any atom is -0.466 e. The summed E-state index contributed by atoms with van der Waals surface area (Å²) in [5.41, 5.74) is 4.73. The zero-order valence-electron chi connectivity index (χ0n) is 19.9. The number of hydrogen-bond acceptors (Lipinski definition) is 7. The van der Waals surface area contributed by atoms with Gasteiger partial charge in [-0.25, -0.2) is 9.97 Å². The van der Waals surface area contributed by atoms with E-state index >= 15 is 0 Å². The van der Waals surface area contributed by atoms with Crippen LogP contribution in [0.3, 0.4) is 0 Å². The lowest BCUT2D eigenvalue weighted by atomic mass is 10.1. The number of nitrogens with zero attached hydrogens (tertiary/aromatic N) is 3. The molecule has 0 saturated carbocycles. The Labute approximate surface area is 204 Å². The first-order valence-electron chi connectivity index (χ1n) is 11.1. The Kier molecular flexibility index (Phi) is 9.01. The number of amides is 1. The Bertz CT molecular complexity index is 1260. The molecule has 2 aromatic carbocycles. The molecule has 0 radical (unpaired) electrons. The number of carbonyl (C=O) groups is 2. The quantitative estimate of drug-likeness (QED) is 0.364. The standard InChI is InChI=1S/C23H19N5O.C4H8O2/c1-16-9-10-17(22(29)26-19-7-3-2-4-8-19)14-21(16)28-23-25-13-11-20(27-23)18-6-5-12-24-15-18;1-3-6-4(2)5/h2-15H,1H3,(H,26,29)(H,25,27,28);3H2,1-2H3. The van der Waals surface area contributed by atoms with Crippen molar-refractivity contribution in [2.24, 2.45) is 0 Å². The van der Waals surface area contributed by atoms with Gasteiger partial charge in [0.05, 0.1) is 12.3 Å². The van der Waals surface area contributed by atoms with Crippen LogP contribution in [-0.2, 0) is 9.53 Å². The van der Waals surface area contributed by atoms with Gasteiger partial charge in [-0.1, -0.05) is 24.3 Å². The van der Waals surface area contributed by atoms with Crippen molar-refractivity contribution in [1.82, 2.24) is 15.0 Å². The van der Waals surface area contributed by atoms with Crippen molar-refractivity contribution in [1.29, 1.82) is 0 Å². The van der Waals surface area contributed by atoms with Crippen LogP contribution in [0.1, 0.15) is 29.8 Å². The number of hydrogen-bond donors (Lipinski definition) is 2. The zero-order valence-corrected chi connectivity index (χ0v) is 19.9. The van der Waals surface area contributed by atoms with Crippen LogP contribution in [0, 0.1) is 6.92 Å². The van der Waals surface area contributed by atoms with Gasteiger partial charge in [0, 0.05) is 48.0 Å². The molecule has 178 valence electrons. The molecule has 2 heterocycles. The maximum atomic E-state index is 12.6. The van der Waals surface area contributed by atoms with Crippen LogP contribution in [0.5, 0.6) is 0 Å². The predicted octanol–water partition coefficient (Wildman–Crippen LogP) is 5.41. The lowest BCUT2D eigenvalue weighted by Gasteiger charge is -2.11. The summed E-state index contributed by atoms with van der Waals surface area (Å²) in [6, 6.07) is 20.5. The van der Waals surface area contributed by atoms with Crippen molar-refractivity contribution < 1.29 is 14.3 Å². The number of aryl methyl sites for hydroxylation is 1. The van der Waals surface area contributed by atoms with Crippen molar-refractivity contribution in [2.45, 2.75) is 20.8 Å². The summed E-state index contributed by atoms with van der Waals surface area (Å²) in [5.74, 6) is 0.0665. The molecule has 0 aliphatic carbocycles. The number of aromatic nitrogens is 3. The third kappa shape index (κ3) is 7.75. The lowest BCUT2D eigenvalue weighted by Crippen LogP contribution is -2.12. The summed E-state index contributed by atoms with van der Waals surface area (Å²) < 4.78 is 4.40. The highest BCUT2D eigenvalue weighted by atomic mass is 16.5. The third-order valence-electron chi connectivity index (χ3n) is 4.74. The van der Waals surface area contributed by atoms with Gasteiger partial charge in [-0.15, -0.1) is 0 Å². The number of nitrogens with one attached hydrogen (secondary N) is 2. The van der Waals surface area contributed by atoms with Gasteiger partial charge >= 0.3 is 5.97 Å². The summed E-state index contributed by atoms with van der Waals surface area (Å²) in [4.78, 5) is 35.4. The second-order valence-electron chi connectivity index (χ2n) is 7.41. The van der Waals surface area contributed by atoms with Crippen molar-refractivity contribution in [3.8, 4) is 11.3 Å². The summed E-state index contributed by atoms with van der Waals surface area (Å²) in [6.07, 6.45) is 5.17. The van der Waals surface area contributed by atoms with E-state index < -0.39 is 0 Å². The van der Waals surface area contributed by atoms with Crippen molar-refractivity contribution in [2.75, 3.05) is 17.2 Å². The van der Waals surface area contributed by atoms with E-state index in [0.717, 1.165) is 28.2 Å². The van der Waals surface area contributed by atoms with Crippen molar-refractivity contribution >= 4 is 29.2 Å². The molecule has 8 nitrogen and oxygen atoms in total. The summed E-state index contributed by atoms with van der Waals surface area (Å²) in [5, 5.41) is 6.11. The van der Waals surface area contributed by atoms with E-state index in [1.807, 2.05) is 61.5 Å². The fourth-order valence-electron chi connectivity index (χ4n) is 3.04. The number of carbonyl (C=O) groups excluding carboxylic acids is 2. The first-order chi connectivity index (χ1) is 17.0. The van der Waals surface area contributed by atoms with Crippen LogP contribution in [0.15, 0.2) is 85.3 Å². The monoisotopic (exact) mass is 469 g/mol. The van der Waals surface area contributed by atoms with Gasteiger partial charge in [0.2, 0.25) is 5.95 Å². The molecule has 0 aliphatic rings. The Morgan fingerprint density at radius 1 is 0.971 bits per heavy atom. The Hall–Kier alpha value is -4.59. The minimum atomic E-state index is -0.211. The van der Waals surface area contributed by atoms with E-state index in [2.05, 4.69) is 30.3 Å². The van der Waals surface area contributed by atoms with Gasteiger partial charge in [0.1, 0.15) is 0 Å². The Balaban J connectivity index is 0.000000509. The molecule has 4 aromatic rings. The van der Waals surface area contributed by atoms with Crippen LogP contribution in [0.2, 0.25) is 0 Å². The van der Waals surface area contributed by atoms with Crippen LogP contribution in [0.25, 0.3) is 11.3 Å². The smallest absolute Gasteiger partial charge is 0.302 e. The number of rotatable bonds is 6. The Morgan fingerprint density at radius 3 is 2.43 bits per heavy atom. The Morgan fingerprint density at radius 2 is 1.77 bits per heavy atom.